The van der Waals surface area contributed by atoms with Gasteiger partial charge in [0.15, 0.2) is 6.10 Å². The predicted octanol–water partition coefficient (Wildman–Crippen LogP) is 10.1. The Bertz CT molecular complexity index is 1030. The zero-order chi connectivity index (χ0) is 38.5. The molecule has 52 heavy (non-hydrogen) atoms. The number of aliphatic carboxylic acids is 1. The number of carbonyl (C=O) groups excluding carboxylic acids is 2. The fourth-order valence-corrected chi connectivity index (χ4v) is 5.98. The number of phosphoric acid groups is 1. The predicted molar refractivity (Wildman–Crippen MR) is 208 cm³/mol. The van der Waals surface area contributed by atoms with E-state index in [0.717, 1.165) is 38.5 Å². The van der Waals surface area contributed by atoms with E-state index >= 15 is 0 Å². The number of phosphoric ester groups is 1. The lowest BCUT2D eigenvalue weighted by atomic mass is 10.1. The van der Waals surface area contributed by atoms with Crippen LogP contribution in [-0.2, 0) is 37.5 Å². The Morgan fingerprint density at radius 3 is 1.58 bits per heavy atom. The molecule has 3 atom stereocenters. The fraction of sp³-hybridized carbons (Fsp3) is 0.775. The molecule has 0 aliphatic heterocycles. The summed E-state index contributed by atoms with van der Waals surface area (Å²) in [5.41, 5.74) is 5.31. The number of carboxylic acids is 1. The van der Waals surface area contributed by atoms with Gasteiger partial charge in [0.25, 0.3) is 0 Å². The molecule has 0 rings (SSSR count). The first-order valence-corrected chi connectivity index (χ1v) is 21.5. The number of carbonyl (C=O) groups is 3. The molecule has 0 saturated carbocycles. The minimum atomic E-state index is -4.72. The summed E-state index contributed by atoms with van der Waals surface area (Å²) in [5.74, 6) is -2.45. The van der Waals surface area contributed by atoms with E-state index in [4.69, 9.17) is 24.8 Å². The summed E-state index contributed by atoms with van der Waals surface area (Å²) in [6.07, 6.45) is 36.5. The number of rotatable bonds is 37. The van der Waals surface area contributed by atoms with Crippen LogP contribution in [0.15, 0.2) is 36.5 Å². The Kier molecular flexibility index (Phi) is 34.1. The highest BCUT2D eigenvalue weighted by molar-refractivity contribution is 7.47. The summed E-state index contributed by atoms with van der Waals surface area (Å²) < 4.78 is 32.5. The molecule has 0 amide bonds. The Balaban J connectivity index is 4.50. The van der Waals surface area contributed by atoms with Crippen LogP contribution in [0.2, 0.25) is 0 Å². The highest BCUT2D eigenvalue weighted by Crippen LogP contribution is 2.43. The Labute approximate surface area is 314 Å². The summed E-state index contributed by atoms with van der Waals surface area (Å²) in [6, 6.07) is -1.53. The average molecular weight is 758 g/mol. The summed E-state index contributed by atoms with van der Waals surface area (Å²) in [7, 11) is -4.72. The van der Waals surface area contributed by atoms with Crippen LogP contribution < -0.4 is 5.73 Å². The SMILES string of the molecule is CCCCCCCC/C=C/C/C=C/C/C=C/CCCC(=O)O[C@@H](COC(=O)CCCCCCCCCCCCC)COP(=O)(O)OC[C@H](N)C(=O)O. The maximum Gasteiger partial charge on any atom is 0.472 e. The van der Waals surface area contributed by atoms with E-state index in [1.165, 1.54) is 83.5 Å². The summed E-state index contributed by atoms with van der Waals surface area (Å²) in [5, 5.41) is 8.86. The molecule has 4 N–H and O–H groups in total. The number of unbranched alkanes of at least 4 members (excludes halogenated alkanes) is 17. The van der Waals surface area contributed by atoms with Gasteiger partial charge in [0.05, 0.1) is 13.2 Å². The van der Waals surface area contributed by atoms with E-state index in [0.29, 0.717) is 19.3 Å². The van der Waals surface area contributed by atoms with Crippen LogP contribution in [0.1, 0.15) is 168 Å². The molecule has 0 saturated heterocycles. The van der Waals surface area contributed by atoms with Crippen molar-refractivity contribution in [2.45, 2.75) is 180 Å². The lowest BCUT2D eigenvalue weighted by Crippen LogP contribution is -2.34. The van der Waals surface area contributed by atoms with Gasteiger partial charge in [0.2, 0.25) is 0 Å². The maximum atomic E-state index is 12.6. The summed E-state index contributed by atoms with van der Waals surface area (Å²) in [6.45, 7) is 2.72. The van der Waals surface area contributed by atoms with Crippen molar-refractivity contribution in [2.24, 2.45) is 5.73 Å². The third-order valence-electron chi connectivity index (χ3n) is 8.39. The highest BCUT2D eigenvalue weighted by atomic mass is 31.2. The molecule has 0 aromatic carbocycles. The molecular formula is C40H72NO10P. The second-order valence-corrected chi connectivity index (χ2v) is 14.9. The number of esters is 2. The standard InChI is InChI=1S/C40H72NO10P/c1-3-5-7-9-11-13-15-16-17-18-19-20-22-24-26-28-30-32-39(43)51-36(34-49-52(46,47)50-35-37(41)40(44)45)33-48-38(42)31-29-27-25-23-21-14-12-10-8-6-4-2/h16-17,19-20,24,26,36-37H,3-15,18,21-23,25,27-35,41H2,1-2H3,(H,44,45)(H,46,47)/b17-16+,20-19+,26-24+/t36-,37-/m0/s1. The van der Waals surface area contributed by atoms with Gasteiger partial charge in [-0.15, -0.1) is 0 Å². The van der Waals surface area contributed by atoms with Crippen molar-refractivity contribution in [3.05, 3.63) is 36.5 Å². The Morgan fingerprint density at radius 2 is 1.04 bits per heavy atom. The van der Waals surface area contributed by atoms with Gasteiger partial charge in [0, 0.05) is 12.8 Å². The molecule has 0 fully saturated rings. The number of nitrogens with two attached hydrogens (primary N) is 1. The van der Waals surface area contributed by atoms with Crippen molar-refractivity contribution in [3.63, 3.8) is 0 Å². The van der Waals surface area contributed by atoms with E-state index in [1.54, 1.807) is 0 Å². The quantitative estimate of drug-likeness (QED) is 0.0238. The van der Waals surface area contributed by atoms with Crippen LogP contribution in [0.25, 0.3) is 0 Å². The highest BCUT2D eigenvalue weighted by Gasteiger charge is 2.28. The monoisotopic (exact) mass is 757 g/mol. The molecule has 0 aromatic rings. The topological polar surface area (TPSA) is 172 Å². The molecule has 0 aliphatic carbocycles. The Hall–Kier alpha value is -2.30. The molecule has 12 heteroatoms. The second kappa shape index (κ2) is 35.7. The van der Waals surface area contributed by atoms with Gasteiger partial charge in [-0.05, 0) is 44.9 Å². The number of carboxylic acid groups (broad SMARTS) is 1. The third kappa shape index (κ3) is 34.8. The second-order valence-electron chi connectivity index (χ2n) is 13.4. The zero-order valence-corrected chi connectivity index (χ0v) is 33.3. The number of allylic oxidation sites excluding steroid dienone is 6. The molecular weight excluding hydrogens is 685 g/mol. The molecule has 0 heterocycles. The van der Waals surface area contributed by atoms with Crippen molar-refractivity contribution in [3.8, 4) is 0 Å². The van der Waals surface area contributed by atoms with E-state index in [2.05, 4.69) is 42.7 Å². The van der Waals surface area contributed by atoms with Crippen molar-refractivity contribution in [2.75, 3.05) is 19.8 Å². The number of hydrogen-bond acceptors (Lipinski definition) is 9. The van der Waals surface area contributed by atoms with Crippen LogP contribution in [0, 0.1) is 0 Å². The number of ether oxygens (including phenoxy) is 2. The van der Waals surface area contributed by atoms with E-state index in [-0.39, 0.29) is 19.4 Å². The molecule has 0 radical (unpaired) electrons. The van der Waals surface area contributed by atoms with Crippen LogP contribution in [-0.4, -0.2) is 59.9 Å². The number of hydrogen-bond donors (Lipinski definition) is 3. The third-order valence-corrected chi connectivity index (χ3v) is 9.34. The molecule has 11 nitrogen and oxygen atoms in total. The molecule has 0 bridgehead atoms. The van der Waals surface area contributed by atoms with Gasteiger partial charge in [-0.25, -0.2) is 4.57 Å². The summed E-state index contributed by atoms with van der Waals surface area (Å²) in [4.78, 5) is 45.7. The maximum absolute atomic E-state index is 12.6. The van der Waals surface area contributed by atoms with Gasteiger partial charge in [-0.2, -0.15) is 0 Å². The Morgan fingerprint density at radius 1 is 0.596 bits per heavy atom. The zero-order valence-electron chi connectivity index (χ0n) is 32.4. The van der Waals surface area contributed by atoms with Crippen molar-refractivity contribution in [1.82, 2.24) is 0 Å². The van der Waals surface area contributed by atoms with Crippen molar-refractivity contribution >= 4 is 25.7 Å². The van der Waals surface area contributed by atoms with E-state index < -0.39 is 51.1 Å². The van der Waals surface area contributed by atoms with E-state index in [9.17, 15) is 23.8 Å². The van der Waals surface area contributed by atoms with Crippen LogP contribution in [0.3, 0.4) is 0 Å². The van der Waals surface area contributed by atoms with Gasteiger partial charge < -0.3 is 25.2 Å². The average Bonchev–Trinajstić information content (AvgIpc) is 3.12. The smallest absolute Gasteiger partial charge is 0.472 e. The minimum absolute atomic E-state index is 0.0908. The van der Waals surface area contributed by atoms with Crippen molar-refractivity contribution < 1.29 is 47.5 Å². The molecule has 0 aliphatic rings. The van der Waals surface area contributed by atoms with Crippen LogP contribution >= 0.6 is 7.82 Å². The first-order chi connectivity index (χ1) is 25.1. The van der Waals surface area contributed by atoms with E-state index in [1.807, 2.05) is 12.2 Å². The molecule has 0 spiro atoms. The van der Waals surface area contributed by atoms with Crippen LogP contribution in [0.5, 0.6) is 0 Å². The largest absolute Gasteiger partial charge is 0.480 e. The molecule has 1 unspecified atom stereocenters. The van der Waals surface area contributed by atoms with Gasteiger partial charge in [0.1, 0.15) is 12.6 Å². The summed E-state index contributed by atoms with van der Waals surface area (Å²) >= 11 is 0. The van der Waals surface area contributed by atoms with Gasteiger partial charge in [-0.1, -0.05) is 147 Å². The first-order valence-electron chi connectivity index (χ1n) is 20.0. The van der Waals surface area contributed by atoms with Gasteiger partial charge >= 0.3 is 25.7 Å². The van der Waals surface area contributed by atoms with Crippen molar-refractivity contribution in [1.29, 1.82) is 0 Å². The molecule has 0 aromatic heterocycles. The van der Waals surface area contributed by atoms with Crippen LogP contribution in [0.4, 0.5) is 0 Å². The normalized spacial score (nSPS) is 14.2. The lowest BCUT2D eigenvalue weighted by Gasteiger charge is -2.20. The van der Waals surface area contributed by atoms with Gasteiger partial charge in [-0.3, -0.25) is 23.4 Å². The first kappa shape index (κ1) is 49.7. The minimum Gasteiger partial charge on any atom is -0.480 e. The molecule has 302 valence electrons. The fourth-order valence-electron chi connectivity index (χ4n) is 5.20. The lowest BCUT2D eigenvalue weighted by molar-refractivity contribution is -0.161.